The smallest absolute Gasteiger partial charge is 0.253 e. The van der Waals surface area contributed by atoms with Gasteiger partial charge in [-0.15, -0.1) is 5.10 Å². The highest BCUT2D eigenvalue weighted by Gasteiger charge is 2.23. The molecule has 3 aromatic carbocycles. The van der Waals surface area contributed by atoms with Crippen molar-refractivity contribution in [2.24, 2.45) is 0 Å². The molecule has 0 unspecified atom stereocenters. The fourth-order valence-corrected chi connectivity index (χ4v) is 4.14. The molecule has 8 heteroatoms. The predicted octanol–water partition coefficient (Wildman–Crippen LogP) is 3.94. The summed E-state index contributed by atoms with van der Waals surface area (Å²) >= 11 is 5.99. The Morgan fingerprint density at radius 2 is 1.48 bits per heavy atom. The van der Waals surface area contributed by atoms with E-state index in [-0.39, 0.29) is 5.91 Å². The van der Waals surface area contributed by atoms with Crippen LogP contribution in [-0.4, -0.2) is 62.1 Å². The van der Waals surface area contributed by atoms with Gasteiger partial charge in [-0.2, -0.15) is 4.68 Å². The van der Waals surface area contributed by atoms with Crippen LogP contribution in [0.4, 0.5) is 0 Å². The molecule has 0 atom stereocenters. The number of amides is 1. The average Bonchev–Trinajstić information content (AvgIpc) is 3.33. The third kappa shape index (κ3) is 4.79. The van der Waals surface area contributed by atoms with Crippen LogP contribution in [0.3, 0.4) is 0 Å². The van der Waals surface area contributed by atoms with Crippen LogP contribution >= 0.6 is 11.6 Å². The Kier molecular flexibility index (Phi) is 6.15. The molecular formula is C25H23ClN6O. The normalized spacial score (nSPS) is 14.4. The second-order valence-electron chi connectivity index (χ2n) is 8.00. The number of halogens is 1. The van der Waals surface area contributed by atoms with Crippen LogP contribution in [0.2, 0.25) is 5.02 Å². The Morgan fingerprint density at radius 1 is 0.818 bits per heavy atom. The largest absolute Gasteiger partial charge is 0.336 e. The van der Waals surface area contributed by atoms with Crippen molar-refractivity contribution in [2.45, 2.75) is 6.54 Å². The lowest BCUT2D eigenvalue weighted by Crippen LogP contribution is -2.48. The van der Waals surface area contributed by atoms with E-state index in [1.165, 1.54) is 0 Å². The van der Waals surface area contributed by atoms with Crippen LogP contribution in [0.1, 0.15) is 16.2 Å². The molecule has 4 aromatic rings. The summed E-state index contributed by atoms with van der Waals surface area (Å²) in [6.07, 6.45) is 0. The molecule has 1 aromatic heterocycles. The Balaban J connectivity index is 1.19. The zero-order valence-electron chi connectivity index (χ0n) is 18.0. The van der Waals surface area contributed by atoms with E-state index in [0.717, 1.165) is 41.3 Å². The quantitative estimate of drug-likeness (QED) is 0.453. The van der Waals surface area contributed by atoms with E-state index >= 15 is 0 Å². The molecule has 7 nitrogen and oxygen atoms in total. The van der Waals surface area contributed by atoms with E-state index in [2.05, 4.69) is 32.6 Å². The van der Waals surface area contributed by atoms with Gasteiger partial charge in [0.1, 0.15) is 0 Å². The highest BCUT2D eigenvalue weighted by atomic mass is 35.5. The van der Waals surface area contributed by atoms with E-state index in [0.29, 0.717) is 24.7 Å². The van der Waals surface area contributed by atoms with Crippen LogP contribution in [0.15, 0.2) is 78.9 Å². The van der Waals surface area contributed by atoms with E-state index in [4.69, 9.17) is 11.6 Å². The molecule has 1 aliphatic heterocycles. The summed E-state index contributed by atoms with van der Waals surface area (Å²) in [6, 6.07) is 25.4. The van der Waals surface area contributed by atoms with Crippen LogP contribution < -0.4 is 0 Å². The third-order valence-corrected chi connectivity index (χ3v) is 6.12. The van der Waals surface area contributed by atoms with Crippen molar-refractivity contribution in [3.63, 3.8) is 0 Å². The fourth-order valence-electron chi connectivity index (χ4n) is 4.01. The maximum atomic E-state index is 13.0. The van der Waals surface area contributed by atoms with Crippen molar-refractivity contribution < 1.29 is 4.79 Å². The van der Waals surface area contributed by atoms with Crippen molar-refractivity contribution in [2.75, 3.05) is 26.2 Å². The zero-order valence-corrected chi connectivity index (χ0v) is 18.8. The number of rotatable bonds is 5. The van der Waals surface area contributed by atoms with Gasteiger partial charge in [0.2, 0.25) is 0 Å². The van der Waals surface area contributed by atoms with E-state index in [1.54, 1.807) is 4.68 Å². The first kappa shape index (κ1) is 21.3. The monoisotopic (exact) mass is 458 g/mol. The first-order valence-electron chi connectivity index (χ1n) is 10.9. The maximum Gasteiger partial charge on any atom is 0.253 e. The lowest BCUT2D eigenvalue weighted by atomic mass is 10.0. The van der Waals surface area contributed by atoms with E-state index in [1.807, 2.05) is 71.6 Å². The fraction of sp³-hybridized carbons (Fsp3) is 0.200. The van der Waals surface area contributed by atoms with Gasteiger partial charge in [0.25, 0.3) is 5.91 Å². The number of carbonyl (C=O) groups is 1. The van der Waals surface area contributed by atoms with Crippen molar-refractivity contribution in [1.82, 2.24) is 30.0 Å². The summed E-state index contributed by atoms with van der Waals surface area (Å²) in [7, 11) is 0. The Morgan fingerprint density at radius 3 is 2.18 bits per heavy atom. The van der Waals surface area contributed by atoms with Gasteiger partial charge in [0.05, 0.1) is 12.2 Å². The summed E-state index contributed by atoms with van der Waals surface area (Å²) < 4.78 is 1.72. The minimum absolute atomic E-state index is 0.0697. The summed E-state index contributed by atoms with van der Waals surface area (Å²) in [5.74, 6) is 0.828. The zero-order chi connectivity index (χ0) is 22.6. The second-order valence-corrected chi connectivity index (χ2v) is 8.43. The number of aromatic nitrogens is 4. The van der Waals surface area contributed by atoms with Gasteiger partial charge < -0.3 is 4.90 Å². The first-order valence-corrected chi connectivity index (χ1v) is 11.3. The Labute approximate surface area is 197 Å². The van der Waals surface area contributed by atoms with Crippen molar-refractivity contribution >= 4 is 17.5 Å². The van der Waals surface area contributed by atoms with Crippen LogP contribution in [0.5, 0.6) is 0 Å². The second kappa shape index (κ2) is 9.52. The minimum Gasteiger partial charge on any atom is -0.336 e. The van der Waals surface area contributed by atoms with Crippen molar-refractivity contribution in [3.8, 4) is 16.8 Å². The van der Waals surface area contributed by atoms with Crippen LogP contribution in [-0.2, 0) is 6.54 Å². The number of piperazine rings is 1. The molecule has 166 valence electrons. The third-order valence-electron chi connectivity index (χ3n) is 5.87. The highest BCUT2D eigenvalue weighted by Crippen LogP contribution is 2.20. The van der Waals surface area contributed by atoms with Crippen LogP contribution in [0.25, 0.3) is 16.8 Å². The number of nitrogens with zero attached hydrogens (tertiary/aromatic N) is 6. The maximum absolute atomic E-state index is 13.0. The molecule has 1 amide bonds. The summed E-state index contributed by atoms with van der Waals surface area (Å²) in [5.41, 5.74) is 3.84. The highest BCUT2D eigenvalue weighted by molar-refractivity contribution is 6.30. The molecule has 33 heavy (non-hydrogen) atoms. The van der Waals surface area contributed by atoms with Crippen LogP contribution in [0, 0.1) is 0 Å². The molecule has 0 N–H and O–H groups in total. The van der Waals surface area contributed by atoms with Crippen molar-refractivity contribution in [3.05, 3.63) is 95.3 Å². The number of benzene rings is 3. The SMILES string of the molecule is O=C(c1ccc(-c2ccccc2)cc1)N1CCN(Cc2nnnn2-c2ccc(Cl)cc2)CC1. The predicted molar refractivity (Wildman–Crippen MR) is 127 cm³/mol. The standard InChI is InChI=1S/C25H23ClN6O/c26-22-10-12-23(13-11-22)32-24(27-28-29-32)18-30-14-16-31(17-15-30)25(33)21-8-6-20(7-9-21)19-4-2-1-3-5-19/h1-13H,14-18H2. The number of hydrogen-bond acceptors (Lipinski definition) is 5. The topological polar surface area (TPSA) is 67.2 Å². The molecule has 2 heterocycles. The number of carbonyl (C=O) groups excluding carboxylic acids is 1. The summed E-state index contributed by atoms with van der Waals surface area (Å²) in [6.45, 7) is 3.48. The summed E-state index contributed by atoms with van der Waals surface area (Å²) in [4.78, 5) is 17.2. The molecule has 0 radical (unpaired) electrons. The molecule has 1 aliphatic rings. The Bertz CT molecular complexity index is 1220. The first-order chi connectivity index (χ1) is 16.2. The molecule has 0 bridgehead atoms. The molecular weight excluding hydrogens is 436 g/mol. The van der Waals surface area contributed by atoms with Gasteiger partial charge in [-0.3, -0.25) is 9.69 Å². The summed E-state index contributed by atoms with van der Waals surface area (Å²) in [5, 5.41) is 12.8. The number of tetrazole rings is 1. The lowest BCUT2D eigenvalue weighted by molar-refractivity contribution is 0.0624. The van der Waals surface area contributed by atoms with Gasteiger partial charge in [-0.25, -0.2) is 0 Å². The van der Waals surface area contributed by atoms with Gasteiger partial charge >= 0.3 is 0 Å². The molecule has 0 aliphatic carbocycles. The van der Waals surface area contributed by atoms with Gasteiger partial charge in [-0.1, -0.05) is 54.1 Å². The molecule has 0 saturated carbocycles. The van der Waals surface area contributed by atoms with Gasteiger partial charge in [0.15, 0.2) is 5.82 Å². The average molecular weight is 459 g/mol. The van der Waals surface area contributed by atoms with Gasteiger partial charge in [0, 0.05) is 36.8 Å². The number of hydrogen-bond donors (Lipinski definition) is 0. The van der Waals surface area contributed by atoms with E-state index in [9.17, 15) is 4.79 Å². The molecule has 1 fully saturated rings. The van der Waals surface area contributed by atoms with Gasteiger partial charge in [-0.05, 0) is 58.0 Å². The molecule has 1 saturated heterocycles. The molecule has 0 spiro atoms. The van der Waals surface area contributed by atoms with E-state index < -0.39 is 0 Å². The lowest BCUT2D eigenvalue weighted by Gasteiger charge is -2.34. The van der Waals surface area contributed by atoms with Crippen molar-refractivity contribution in [1.29, 1.82) is 0 Å². The minimum atomic E-state index is 0.0697. The Hall–Kier alpha value is -3.55. The molecule has 5 rings (SSSR count).